The first kappa shape index (κ1) is 9.18. The molecule has 1 heterocycles. The lowest BCUT2D eigenvalue weighted by atomic mass is 10.3. The van der Waals surface area contributed by atoms with Gasteiger partial charge in [-0.3, -0.25) is 0 Å². The highest BCUT2D eigenvalue weighted by Gasteiger charge is 2.31. The van der Waals surface area contributed by atoms with Crippen molar-refractivity contribution in [3.8, 4) is 0 Å². The monoisotopic (exact) mass is 197 g/mol. The second kappa shape index (κ2) is 2.85. The fourth-order valence-corrected chi connectivity index (χ4v) is 0.884. The lowest BCUT2D eigenvalue weighted by Gasteiger charge is -2.05. The third-order valence-electron chi connectivity index (χ3n) is 1.12. The van der Waals surface area contributed by atoms with Crippen molar-refractivity contribution >= 4 is 12.2 Å². The lowest BCUT2D eigenvalue weighted by molar-refractivity contribution is -0.141. The second-order valence-corrected chi connectivity index (χ2v) is 2.55. The van der Waals surface area contributed by atoms with Crippen LogP contribution in [0.15, 0.2) is 12.1 Å². The van der Waals surface area contributed by atoms with Gasteiger partial charge in [-0.05, 0) is 6.07 Å². The summed E-state index contributed by atoms with van der Waals surface area (Å²) in [5.41, 5.74) is -1.17. The van der Waals surface area contributed by atoms with Gasteiger partial charge >= 0.3 is 6.18 Å². The molecule has 1 N–H and O–H groups in total. The average molecular weight is 197 g/mol. The van der Waals surface area contributed by atoms with Crippen molar-refractivity contribution in [2.75, 3.05) is 0 Å². The van der Waals surface area contributed by atoms with E-state index in [4.69, 9.17) is 0 Å². The number of hydrogen-bond acceptors (Lipinski definition) is 1. The summed E-state index contributed by atoms with van der Waals surface area (Å²) in [7, 11) is 0. The summed E-state index contributed by atoms with van der Waals surface area (Å²) in [4.78, 5) is 1.53. The van der Waals surface area contributed by atoms with Gasteiger partial charge in [0.1, 0.15) is 5.69 Å². The Hall–Kier alpha value is -0.910. The average Bonchev–Trinajstić information content (AvgIpc) is 1.82. The van der Waals surface area contributed by atoms with Gasteiger partial charge in [0.25, 0.3) is 0 Å². The zero-order valence-corrected chi connectivity index (χ0v) is 6.39. The highest BCUT2D eigenvalue weighted by Crippen LogP contribution is 2.27. The summed E-state index contributed by atoms with van der Waals surface area (Å²) in [6.45, 7) is 0. The maximum absolute atomic E-state index is 12.3. The van der Waals surface area contributed by atoms with Gasteiger partial charge in [-0.25, -0.2) is 0 Å². The minimum Gasteiger partial charge on any atom is -0.328 e. The first-order chi connectivity index (χ1) is 5.39. The molecule has 0 spiro atoms. The molecule has 0 amide bonds. The molecule has 0 saturated heterocycles. The third-order valence-corrected chi connectivity index (χ3v) is 1.35. The highest BCUT2D eigenvalue weighted by atomic mass is 32.1. The number of rotatable bonds is 0. The molecular weight excluding hydrogens is 194 g/mol. The van der Waals surface area contributed by atoms with Crippen molar-refractivity contribution < 1.29 is 17.6 Å². The summed E-state index contributed by atoms with van der Waals surface area (Å²) in [6.07, 6.45) is -4.59. The molecule has 0 bridgehead atoms. The van der Waals surface area contributed by atoms with Gasteiger partial charge in [-0.1, -0.05) is 12.2 Å². The Morgan fingerprint density at radius 1 is 1.25 bits per heavy atom. The van der Waals surface area contributed by atoms with Crippen LogP contribution in [0.2, 0.25) is 0 Å². The molecule has 6 heteroatoms. The van der Waals surface area contributed by atoms with E-state index in [-0.39, 0.29) is 4.51 Å². The van der Waals surface area contributed by atoms with Crippen LogP contribution in [0.4, 0.5) is 17.6 Å². The molecular formula is C6H3F4NS. The van der Waals surface area contributed by atoms with Crippen LogP contribution in [0, 0.1) is 10.5 Å². The number of alkyl halides is 3. The van der Waals surface area contributed by atoms with Gasteiger partial charge < -0.3 is 4.98 Å². The summed E-state index contributed by atoms with van der Waals surface area (Å²) >= 11 is 4.40. The van der Waals surface area contributed by atoms with Crippen molar-refractivity contribution in [2.45, 2.75) is 6.18 Å². The van der Waals surface area contributed by atoms with Gasteiger partial charge in [0.15, 0.2) is 5.95 Å². The number of halogens is 4. The van der Waals surface area contributed by atoms with E-state index in [1.165, 1.54) is 4.98 Å². The van der Waals surface area contributed by atoms with Gasteiger partial charge in [-0.15, -0.1) is 0 Å². The van der Waals surface area contributed by atoms with E-state index in [0.29, 0.717) is 6.07 Å². The van der Waals surface area contributed by atoms with Crippen LogP contribution in [0.1, 0.15) is 5.69 Å². The van der Waals surface area contributed by atoms with Crippen molar-refractivity contribution in [3.63, 3.8) is 0 Å². The Morgan fingerprint density at radius 2 is 1.83 bits per heavy atom. The Kier molecular flexibility index (Phi) is 2.18. The molecule has 1 rings (SSSR count). The second-order valence-electron chi connectivity index (χ2n) is 2.08. The number of pyridine rings is 1. The molecule has 1 aromatic rings. The fourth-order valence-electron chi connectivity index (χ4n) is 0.662. The maximum Gasteiger partial charge on any atom is 0.431 e. The van der Waals surface area contributed by atoms with E-state index in [2.05, 4.69) is 12.2 Å². The first-order valence-electron chi connectivity index (χ1n) is 2.86. The zero-order chi connectivity index (χ0) is 9.35. The van der Waals surface area contributed by atoms with Crippen molar-refractivity contribution in [3.05, 3.63) is 28.3 Å². The predicted molar refractivity (Wildman–Crippen MR) is 36.6 cm³/mol. The fraction of sp³-hybridized carbons (Fsp3) is 0.167. The number of aromatic amines is 1. The number of hydrogen-bond donors (Lipinski definition) is 1. The Bertz CT molecular complexity index is 340. The molecule has 0 saturated carbocycles. The van der Waals surface area contributed by atoms with E-state index in [1.54, 1.807) is 0 Å². The molecule has 1 nitrogen and oxygen atoms in total. The van der Waals surface area contributed by atoms with E-state index >= 15 is 0 Å². The SMILES string of the molecule is Fc1cc(=S)cc(C(F)(F)F)[nH]1. The molecule has 0 aliphatic carbocycles. The van der Waals surface area contributed by atoms with E-state index in [0.717, 1.165) is 6.07 Å². The number of aromatic nitrogens is 1. The molecule has 0 unspecified atom stereocenters. The van der Waals surface area contributed by atoms with Gasteiger partial charge in [-0.2, -0.15) is 17.6 Å². The van der Waals surface area contributed by atoms with Crippen LogP contribution in [0.3, 0.4) is 0 Å². The molecule has 0 aliphatic rings. The van der Waals surface area contributed by atoms with Gasteiger partial charge in [0.2, 0.25) is 0 Å². The minimum absolute atomic E-state index is 0.182. The number of H-pyrrole nitrogens is 1. The van der Waals surface area contributed by atoms with Crippen LogP contribution in [0.25, 0.3) is 0 Å². The van der Waals surface area contributed by atoms with Crippen LogP contribution in [-0.2, 0) is 6.18 Å². The van der Waals surface area contributed by atoms with Crippen molar-refractivity contribution in [1.29, 1.82) is 0 Å². The molecule has 0 atom stereocenters. The topological polar surface area (TPSA) is 15.8 Å². The summed E-state index contributed by atoms with van der Waals surface area (Å²) in [5, 5.41) is 0. The van der Waals surface area contributed by atoms with Gasteiger partial charge in [0.05, 0.1) is 0 Å². The lowest BCUT2D eigenvalue weighted by Crippen LogP contribution is -2.08. The maximum atomic E-state index is 12.3. The van der Waals surface area contributed by atoms with Crippen LogP contribution < -0.4 is 0 Å². The van der Waals surface area contributed by atoms with Crippen LogP contribution >= 0.6 is 12.2 Å². The summed E-state index contributed by atoms with van der Waals surface area (Å²) in [5.74, 6) is -1.09. The third kappa shape index (κ3) is 2.04. The molecule has 0 radical (unpaired) electrons. The molecule has 12 heavy (non-hydrogen) atoms. The standard InChI is InChI=1S/C6H3F4NS/c7-5-2-3(12)1-4(11-5)6(8,9)10/h1-2H,(H,11,12). The largest absolute Gasteiger partial charge is 0.431 e. The summed E-state index contributed by atoms with van der Waals surface area (Å²) in [6, 6.07) is 1.48. The summed E-state index contributed by atoms with van der Waals surface area (Å²) < 4.78 is 47.9. The Labute approximate surface area is 70.0 Å². The van der Waals surface area contributed by atoms with E-state index < -0.39 is 17.8 Å². The molecule has 66 valence electrons. The smallest absolute Gasteiger partial charge is 0.328 e. The Balaban J connectivity index is 3.27. The molecule has 0 fully saturated rings. The van der Waals surface area contributed by atoms with E-state index in [9.17, 15) is 17.6 Å². The molecule has 1 aromatic heterocycles. The Morgan fingerprint density at radius 3 is 2.25 bits per heavy atom. The molecule has 0 aliphatic heterocycles. The normalized spacial score (nSPS) is 11.7. The quantitative estimate of drug-likeness (QED) is 0.384. The molecule has 0 aromatic carbocycles. The van der Waals surface area contributed by atoms with E-state index in [1.807, 2.05) is 0 Å². The van der Waals surface area contributed by atoms with Crippen molar-refractivity contribution in [2.24, 2.45) is 0 Å². The van der Waals surface area contributed by atoms with Crippen LogP contribution in [0.5, 0.6) is 0 Å². The highest BCUT2D eigenvalue weighted by molar-refractivity contribution is 7.71. The van der Waals surface area contributed by atoms with Crippen LogP contribution in [-0.4, -0.2) is 4.98 Å². The number of nitrogens with one attached hydrogen (secondary N) is 1. The minimum atomic E-state index is -4.59. The predicted octanol–water partition coefficient (Wildman–Crippen LogP) is 2.90. The first-order valence-corrected chi connectivity index (χ1v) is 3.27. The van der Waals surface area contributed by atoms with Gasteiger partial charge in [0, 0.05) is 10.6 Å². The zero-order valence-electron chi connectivity index (χ0n) is 5.57. The van der Waals surface area contributed by atoms with Crippen molar-refractivity contribution in [1.82, 2.24) is 4.98 Å².